The number of hydrogen-bond acceptors (Lipinski definition) is 8. The number of anilines is 2. The first-order chi connectivity index (χ1) is 18.5. The third kappa shape index (κ3) is 2.92. The highest BCUT2D eigenvalue weighted by atomic mass is 16.6. The summed E-state index contributed by atoms with van der Waals surface area (Å²) in [6.07, 6.45) is 3.76. The van der Waals surface area contributed by atoms with Crippen LogP contribution >= 0.6 is 0 Å². The van der Waals surface area contributed by atoms with Crippen molar-refractivity contribution in [2.24, 2.45) is 11.8 Å². The number of benzene rings is 3. The number of non-ortho nitro benzene ring substituents is 1. The maximum atomic E-state index is 14.2. The van der Waals surface area contributed by atoms with Crippen LogP contribution in [0.3, 0.4) is 0 Å². The van der Waals surface area contributed by atoms with E-state index >= 15 is 0 Å². The van der Waals surface area contributed by atoms with Gasteiger partial charge in [-0.2, -0.15) is 4.68 Å². The zero-order valence-electron chi connectivity index (χ0n) is 19.6. The number of hydrogen-bond donors (Lipinski definition) is 0. The zero-order valence-corrected chi connectivity index (χ0v) is 19.6. The Hall–Kier alpha value is -5.19. The van der Waals surface area contributed by atoms with Crippen LogP contribution in [-0.4, -0.2) is 49.7 Å². The molecule has 3 aromatic carbocycles. The fourth-order valence-corrected chi connectivity index (χ4v) is 5.93. The second-order valence-corrected chi connectivity index (χ2v) is 9.43. The molecule has 186 valence electrons. The lowest BCUT2D eigenvalue weighted by molar-refractivity contribution is -0.384. The molecule has 4 atom stereocenters. The van der Waals surface area contributed by atoms with Gasteiger partial charge >= 0.3 is 0 Å². The molecule has 3 aliphatic heterocycles. The fraction of sp³-hybridized carbons (Fsp3) is 0.148. The number of nitro benzene ring substituents is 1. The first-order valence-corrected chi connectivity index (χ1v) is 12.0. The molecular formula is C27H18N6O5. The van der Waals surface area contributed by atoms with Crippen LogP contribution in [-0.2, 0) is 9.59 Å². The summed E-state index contributed by atoms with van der Waals surface area (Å²) in [7, 11) is 0. The minimum absolute atomic E-state index is 0.155. The van der Waals surface area contributed by atoms with Crippen LogP contribution in [0, 0.1) is 22.0 Å². The normalized spacial score (nSPS) is 23.5. The summed E-state index contributed by atoms with van der Waals surface area (Å²) in [5.74, 6) is -3.27. The van der Waals surface area contributed by atoms with Crippen LogP contribution in [0.4, 0.5) is 17.1 Å². The summed E-state index contributed by atoms with van der Waals surface area (Å²) in [5, 5.41) is 19.3. The molecule has 4 heterocycles. The molecule has 0 N–H and O–H groups in total. The van der Waals surface area contributed by atoms with E-state index in [2.05, 4.69) is 10.3 Å². The smallest absolute Gasteiger partial charge is 0.272 e. The van der Waals surface area contributed by atoms with Crippen LogP contribution in [0.25, 0.3) is 17.1 Å². The molecule has 0 saturated carbocycles. The van der Waals surface area contributed by atoms with Crippen molar-refractivity contribution < 1.29 is 19.3 Å². The number of imide groups is 1. The van der Waals surface area contributed by atoms with Gasteiger partial charge in [0.15, 0.2) is 0 Å². The lowest BCUT2D eigenvalue weighted by Crippen LogP contribution is -2.50. The Balaban J connectivity index is 1.37. The van der Waals surface area contributed by atoms with E-state index in [0.29, 0.717) is 11.0 Å². The van der Waals surface area contributed by atoms with Crippen molar-refractivity contribution in [3.63, 3.8) is 0 Å². The molecular weight excluding hydrogens is 488 g/mol. The number of rotatable bonds is 3. The maximum Gasteiger partial charge on any atom is 0.272 e. The number of amides is 2. The second-order valence-electron chi connectivity index (χ2n) is 9.43. The number of aromatic nitrogens is 3. The molecule has 2 saturated heterocycles. The molecule has 0 radical (unpaired) electrons. The minimum Gasteiger partial charge on any atom is -0.351 e. The highest BCUT2D eigenvalue weighted by Gasteiger charge is 2.64. The molecule has 11 heteroatoms. The van der Waals surface area contributed by atoms with Gasteiger partial charge in [-0.3, -0.25) is 24.5 Å². The van der Waals surface area contributed by atoms with Gasteiger partial charge in [0.1, 0.15) is 11.6 Å². The Morgan fingerprint density at radius 3 is 2.39 bits per heavy atom. The molecule has 2 amide bonds. The van der Waals surface area contributed by atoms with Crippen molar-refractivity contribution in [2.45, 2.75) is 12.1 Å². The summed E-state index contributed by atoms with van der Waals surface area (Å²) in [6.45, 7) is 0. The first-order valence-electron chi connectivity index (χ1n) is 12.0. The van der Waals surface area contributed by atoms with E-state index in [1.165, 1.54) is 28.9 Å². The van der Waals surface area contributed by atoms with Crippen LogP contribution in [0.1, 0.15) is 10.4 Å². The van der Waals surface area contributed by atoms with Crippen molar-refractivity contribution in [1.82, 2.24) is 15.0 Å². The van der Waals surface area contributed by atoms with Crippen molar-refractivity contribution in [3.05, 3.63) is 94.6 Å². The van der Waals surface area contributed by atoms with Gasteiger partial charge in [-0.15, -0.1) is 5.10 Å². The molecule has 4 unspecified atom stereocenters. The van der Waals surface area contributed by atoms with Gasteiger partial charge in [0.25, 0.3) is 11.6 Å². The summed E-state index contributed by atoms with van der Waals surface area (Å²) in [5.41, 5.74) is 2.73. The maximum absolute atomic E-state index is 14.2. The average molecular weight is 506 g/mol. The van der Waals surface area contributed by atoms with E-state index in [0.717, 1.165) is 16.2 Å². The molecule has 4 aromatic rings. The monoisotopic (exact) mass is 506 g/mol. The Morgan fingerprint density at radius 2 is 1.61 bits per heavy atom. The van der Waals surface area contributed by atoms with E-state index in [4.69, 9.17) is 0 Å². The van der Waals surface area contributed by atoms with Gasteiger partial charge < -0.3 is 4.90 Å². The number of carbonyl (C=O) groups excluding carboxylic acids is 3. The summed E-state index contributed by atoms with van der Waals surface area (Å²) >= 11 is 0. The number of carbonyl (C=O) groups is 3. The summed E-state index contributed by atoms with van der Waals surface area (Å²) in [6, 6.07) is 18.2. The topological polar surface area (TPSA) is 132 Å². The lowest BCUT2D eigenvalue weighted by Gasteiger charge is -2.36. The van der Waals surface area contributed by atoms with Gasteiger partial charge in [0.05, 0.1) is 34.0 Å². The molecule has 11 nitrogen and oxygen atoms in total. The summed E-state index contributed by atoms with van der Waals surface area (Å²) < 4.78 is 1.20. The quantitative estimate of drug-likeness (QED) is 0.235. The van der Waals surface area contributed by atoms with Crippen molar-refractivity contribution >= 4 is 51.9 Å². The molecule has 0 bridgehead atoms. The number of nitro groups is 1. The van der Waals surface area contributed by atoms with Crippen molar-refractivity contribution in [2.75, 3.05) is 9.80 Å². The lowest BCUT2D eigenvalue weighted by atomic mass is 9.88. The third-order valence-electron chi connectivity index (χ3n) is 7.55. The van der Waals surface area contributed by atoms with Crippen molar-refractivity contribution in [1.29, 1.82) is 0 Å². The SMILES string of the molecule is O=C1C2C(C(=O)N1c1ccc([N+](=O)[O-])cc1)C(C(=O)n1nnc3ccccc31)N1c3ccccc3C=CC21. The highest BCUT2D eigenvalue weighted by Crippen LogP contribution is 2.49. The molecule has 0 spiro atoms. The Morgan fingerprint density at radius 1 is 0.895 bits per heavy atom. The predicted molar refractivity (Wildman–Crippen MR) is 136 cm³/mol. The number of fused-ring (bicyclic) bond motifs is 6. The van der Waals surface area contributed by atoms with Crippen molar-refractivity contribution in [3.8, 4) is 0 Å². The average Bonchev–Trinajstić information content (AvgIpc) is 3.59. The highest BCUT2D eigenvalue weighted by molar-refractivity contribution is 6.25. The second kappa shape index (κ2) is 7.90. The number of nitrogens with zero attached hydrogens (tertiary/aromatic N) is 6. The van der Waals surface area contributed by atoms with Gasteiger partial charge in [0.2, 0.25) is 11.8 Å². The van der Waals surface area contributed by atoms with E-state index in [1.807, 2.05) is 41.3 Å². The van der Waals surface area contributed by atoms with Gasteiger partial charge in [0, 0.05) is 17.8 Å². The van der Waals surface area contributed by atoms with Crippen LogP contribution in [0.15, 0.2) is 78.9 Å². The minimum atomic E-state index is -1.03. The van der Waals surface area contributed by atoms with E-state index < -0.39 is 46.6 Å². The Labute approximate surface area is 214 Å². The van der Waals surface area contributed by atoms with E-state index in [9.17, 15) is 24.5 Å². The van der Waals surface area contributed by atoms with E-state index in [-0.39, 0.29) is 11.4 Å². The molecule has 1 aromatic heterocycles. The molecule has 3 aliphatic rings. The van der Waals surface area contributed by atoms with Crippen LogP contribution < -0.4 is 9.80 Å². The molecule has 0 aliphatic carbocycles. The predicted octanol–water partition coefficient (Wildman–Crippen LogP) is 3.07. The number of para-hydroxylation sites is 2. The molecule has 38 heavy (non-hydrogen) atoms. The molecule has 2 fully saturated rings. The Kier molecular flexibility index (Phi) is 4.58. The third-order valence-corrected chi connectivity index (χ3v) is 7.55. The standard InChI is InChI=1S/C27H18N6O5/c34-25-22-21-14-9-15-5-1-3-7-19(15)31(21)24(27(36)32-20-8-4-2-6-18(20)28-29-32)23(22)26(35)30(25)16-10-12-17(13-11-16)33(37)38/h1-14,21-24H. The summed E-state index contributed by atoms with van der Waals surface area (Å²) in [4.78, 5) is 55.4. The van der Waals surface area contributed by atoms with Crippen LogP contribution in [0.5, 0.6) is 0 Å². The van der Waals surface area contributed by atoms with Gasteiger partial charge in [-0.05, 0) is 35.9 Å². The van der Waals surface area contributed by atoms with Gasteiger partial charge in [-0.1, -0.05) is 47.7 Å². The Bertz CT molecular complexity index is 1710. The fourth-order valence-electron chi connectivity index (χ4n) is 5.93. The largest absolute Gasteiger partial charge is 0.351 e. The first kappa shape index (κ1) is 22.0. The van der Waals surface area contributed by atoms with E-state index in [1.54, 1.807) is 24.3 Å². The zero-order chi connectivity index (χ0) is 26.1. The van der Waals surface area contributed by atoms with Crippen LogP contribution in [0.2, 0.25) is 0 Å². The molecule has 7 rings (SSSR count). The van der Waals surface area contributed by atoms with Gasteiger partial charge in [-0.25, -0.2) is 4.90 Å².